The molecule has 0 heterocycles. The normalized spacial score (nSPS) is 12.3. The van der Waals surface area contributed by atoms with Crippen molar-refractivity contribution >= 4 is 18.3 Å². The fourth-order valence-electron chi connectivity index (χ4n) is 1.36. The minimum Gasteiger partial charge on any atom is -0.497 e. The summed E-state index contributed by atoms with van der Waals surface area (Å²) in [6.07, 6.45) is -0.762. The number of ether oxygens (including phenoxy) is 1. The van der Waals surface area contributed by atoms with E-state index in [4.69, 9.17) is 10.5 Å². The Bertz CT molecular complexity index is 401. The van der Waals surface area contributed by atoms with E-state index in [0.717, 1.165) is 5.75 Å². The topological polar surface area (TPSA) is 84.6 Å². The molecule has 5 nitrogen and oxygen atoms in total. The third-order valence-electron chi connectivity index (χ3n) is 2.54. The molecule has 6 heteroatoms. The summed E-state index contributed by atoms with van der Waals surface area (Å²) in [7, 11) is 1.58. The molecule has 0 saturated heterocycles. The van der Waals surface area contributed by atoms with Crippen molar-refractivity contribution in [1.29, 1.82) is 0 Å². The Morgan fingerprint density at radius 1 is 1.42 bits per heavy atom. The molecule has 0 bridgehead atoms. The van der Waals surface area contributed by atoms with Crippen LogP contribution in [-0.4, -0.2) is 30.2 Å². The van der Waals surface area contributed by atoms with Crippen LogP contribution in [0.5, 0.6) is 5.75 Å². The van der Waals surface area contributed by atoms with E-state index in [9.17, 15) is 9.90 Å². The predicted molar refractivity (Wildman–Crippen MR) is 76.5 cm³/mol. The van der Waals surface area contributed by atoms with Crippen LogP contribution in [0.1, 0.15) is 25.5 Å². The molecule has 108 valence electrons. The van der Waals surface area contributed by atoms with Gasteiger partial charge < -0.3 is 20.9 Å². The van der Waals surface area contributed by atoms with E-state index in [-0.39, 0.29) is 24.9 Å². The van der Waals surface area contributed by atoms with Gasteiger partial charge in [0, 0.05) is 6.54 Å². The number of carbonyl (C=O) groups is 1. The van der Waals surface area contributed by atoms with Crippen molar-refractivity contribution in [3.8, 4) is 5.75 Å². The molecule has 4 N–H and O–H groups in total. The molecule has 1 unspecified atom stereocenters. The molecule has 0 spiro atoms. The van der Waals surface area contributed by atoms with E-state index in [1.165, 1.54) is 0 Å². The van der Waals surface area contributed by atoms with Crippen LogP contribution in [-0.2, 0) is 4.79 Å². The van der Waals surface area contributed by atoms with E-state index in [1.807, 2.05) is 0 Å². The minimum absolute atomic E-state index is 0. The molecular weight excluding hydrogens is 268 g/mol. The molecule has 1 aromatic rings. The molecule has 1 atom stereocenters. The van der Waals surface area contributed by atoms with E-state index in [2.05, 4.69) is 5.32 Å². The zero-order valence-electron chi connectivity index (χ0n) is 11.3. The fraction of sp³-hybridized carbons (Fsp3) is 0.462. The van der Waals surface area contributed by atoms with Crippen LogP contribution in [0.4, 0.5) is 0 Å². The summed E-state index contributed by atoms with van der Waals surface area (Å²) >= 11 is 0. The first kappa shape index (κ1) is 17.7. The zero-order chi connectivity index (χ0) is 13.8. The smallest absolute Gasteiger partial charge is 0.239 e. The number of amides is 1. The highest BCUT2D eigenvalue weighted by Crippen LogP contribution is 2.17. The summed E-state index contributed by atoms with van der Waals surface area (Å²) in [5.41, 5.74) is 5.40. The standard InChI is InChI=1S/C13H20N2O3.ClH/c1-13(2,14)12(17)15-8-11(16)9-4-6-10(18-3)7-5-9;/h4-7,11,16H,8,14H2,1-3H3,(H,15,17);1H. The molecule has 1 amide bonds. The van der Waals surface area contributed by atoms with E-state index in [1.54, 1.807) is 45.2 Å². The first-order valence-corrected chi connectivity index (χ1v) is 5.74. The summed E-state index contributed by atoms with van der Waals surface area (Å²) in [6, 6.07) is 7.02. The average Bonchev–Trinajstić information content (AvgIpc) is 2.34. The Kier molecular flexibility index (Phi) is 6.83. The third-order valence-corrected chi connectivity index (χ3v) is 2.54. The summed E-state index contributed by atoms with van der Waals surface area (Å²) < 4.78 is 5.02. The number of nitrogens with one attached hydrogen (secondary N) is 1. The van der Waals surface area contributed by atoms with Crippen LogP contribution in [0.2, 0.25) is 0 Å². The quantitative estimate of drug-likeness (QED) is 0.755. The van der Waals surface area contributed by atoms with Crippen molar-refractivity contribution in [2.75, 3.05) is 13.7 Å². The van der Waals surface area contributed by atoms with Crippen molar-refractivity contribution in [3.63, 3.8) is 0 Å². The lowest BCUT2D eigenvalue weighted by Crippen LogP contribution is -2.49. The number of carbonyl (C=O) groups excluding carboxylic acids is 1. The molecule has 0 aliphatic rings. The van der Waals surface area contributed by atoms with Crippen LogP contribution in [0, 0.1) is 0 Å². The monoisotopic (exact) mass is 288 g/mol. The van der Waals surface area contributed by atoms with Crippen LogP contribution in [0.15, 0.2) is 24.3 Å². The van der Waals surface area contributed by atoms with Gasteiger partial charge in [0.15, 0.2) is 0 Å². The van der Waals surface area contributed by atoms with Crippen molar-refractivity contribution < 1.29 is 14.6 Å². The van der Waals surface area contributed by atoms with Crippen LogP contribution < -0.4 is 15.8 Å². The Labute approximate surface area is 119 Å². The molecule has 1 aromatic carbocycles. The van der Waals surface area contributed by atoms with Gasteiger partial charge in [0.1, 0.15) is 5.75 Å². The lowest BCUT2D eigenvalue weighted by Gasteiger charge is -2.19. The van der Waals surface area contributed by atoms with Gasteiger partial charge in [-0.15, -0.1) is 12.4 Å². The predicted octanol–water partition coefficient (Wildman–Crippen LogP) is 1.00. The second kappa shape index (κ2) is 7.33. The van der Waals surface area contributed by atoms with Gasteiger partial charge in [-0.25, -0.2) is 0 Å². The van der Waals surface area contributed by atoms with Gasteiger partial charge >= 0.3 is 0 Å². The number of methoxy groups -OCH3 is 1. The van der Waals surface area contributed by atoms with Crippen LogP contribution >= 0.6 is 12.4 Å². The van der Waals surface area contributed by atoms with Gasteiger partial charge in [0.2, 0.25) is 5.91 Å². The number of hydrogen-bond acceptors (Lipinski definition) is 4. The SMILES string of the molecule is COc1ccc(C(O)CNC(=O)C(C)(C)N)cc1.Cl. The molecule has 0 fully saturated rings. The van der Waals surface area contributed by atoms with Crippen molar-refractivity contribution in [3.05, 3.63) is 29.8 Å². The van der Waals surface area contributed by atoms with Gasteiger partial charge in [-0.3, -0.25) is 4.79 Å². The number of halogens is 1. The first-order valence-electron chi connectivity index (χ1n) is 5.74. The Hall–Kier alpha value is -1.30. The van der Waals surface area contributed by atoms with Gasteiger partial charge in [-0.05, 0) is 31.5 Å². The molecule has 0 saturated carbocycles. The number of aliphatic hydroxyl groups excluding tert-OH is 1. The van der Waals surface area contributed by atoms with Gasteiger partial charge in [0.25, 0.3) is 0 Å². The first-order chi connectivity index (χ1) is 8.34. The molecule has 19 heavy (non-hydrogen) atoms. The van der Waals surface area contributed by atoms with Gasteiger partial charge in [-0.2, -0.15) is 0 Å². The largest absolute Gasteiger partial charge is 0.497 e. The highest BCUT2D eigenvalue weighted by molar-refractivity contribution is 5.85. The molecular formula is C13H21ClN2O3. The van der Waals surface area contributed by atoms with E-state index < -0.39 is 11.6 Å². The molecule has 1 rings (SSSR count). The molecule has 0 aliphatic heterocycles. The summed E-state index contributed by atoms with van der Waals surface area (Å²) in [6.45, 7) is 3.36. The summed E-state index contributed by atoms with van der Waals surface area (Å²) in [4.78, 5) is 11.5. The van der Waals surface area contributed by atoms with Crippen LogP contribution in [0.25, 0.3) is 0 Å². The summed E-state index contributed by atoms with van der Waals surface area (Å²) in [5, 5.41) is 12.5. The Balaban J connectivity index is 0.00000324. The van der Waals surface area contributed by atoms with Gasteiger partial charge in [-0.1, -0.05) is 12.1 Å². The molecule has 0 aliphatic carbocycles. The summed E-state index contributed by atoms with van der Waals surface area (Å²) in [5.74, 6) is 0.424. The maximum Gasteiger partial charge on any atom is 0.239 e. The fourth-order valence-corrected chi connectivity index (χ4v) is 1.36. The number of rotatable bonds is 5. The van der Waals surface area contributed by atoms with Crippen molar-refractivity contribution in [2.24, 2.45) is 5.73 Å². The highest BCUT2D eigenvalue weighted by Gasteiger charge is 2.22. The number of aliphatic hydroxyl groups is 1. The van der Waals surface area contributed by atoms with Gasteiger partial charge in [0.05, 0.1) is 18.8 Å². The molecule has 0 aromatic heterocycles. The minimum atomic E-state index is -0.945. The van der Waals surface area contributed by atoms with Crippen LogP contribution in [0.3, 0.4) is 0 Å². The van der Waals surface area contributed by atoms with Crippen molar-refractivity contribution in [1.82, 2.24) is 5.32 Å². The highest BCUT2D eigenvalue weighted by atomic mass is 35.5. The maximum absolute atomic E-state index is 11.5. The van der Waals surface area contributed by atoms with E-state index >= 15 is 0 Å². The number of hydrogen-bond donors (Lipinski definition) is 3. The Morgan fingerprint density at radius 2 is 1.95 bits per heavy atom. The van der Waals surface area contributed by atoms with E-state index in [0.29, 0.717) is 5.56 Å². The maximum atomic E-state index is 11.5. The number of benzene rings is 1. The molecule has 0 radical (unpaired) electrons. The lowest BCUT2D eigenvalue weighted by molar-refractivity contribution is -0.125. The third kappa shape index (κ3) is 5.46. The second-order valence-corrected chi connectivity index (χ2v) is 4.72. The zero-order valence-corrected chi connectivity index (χ0v) is 12.2. The average molecular weight is 289 g/mol. The second-order valence-electron chi connectivity index (χ2n) is 4.72. The number of nitrogens with two attached hydrogens (primary N) is 1. The van der Waals surface area contributed by atoms with Crippen molar-refractivity contribution in [2.45, 2.75) is 25.5 Å². The Morgan fingerprint density at radius 3 is 2.37 bits per heavy atom. The lowest BCUT2D eigenvalue weighted by atomic mass is 10.1.